The average molecular weight is 503 g/mol. The Hall–Kier alpha value is -5.42. The van der Waals surface area contributed by atoms with Gasteiger partial charge in [-0.1, -0.05) is 48.5 Å². The summed E-state index contributed by atoms with van der Waals surface area (Å²) in [5.41, 5.74) is 6.09. The third-order valence-electron chi connectivity index (χ3n) is 7.25. The molecular weight excluding hydrogens is 480 g/mol. The molecule has 0 atom stereocenters. The van der Waals surface area contributed by atoms with Crippen molar-refractivity contribution < 1.29 is 4.74 Å². The number of nitrogens with zero attached hydrogens (tertiary/aromatic N) is 4. The van der Waals surface area contributed by atoms with Crippen molar-refractivity contribution in [2.45, 2.75) is 0 Å². The Labute approximate surface area is 224 Å². The third-order valence-corrected chi connectivity index (χ3v) is 7.25. The number of hydrogen-bond donors (Lipinski definition) is 0. The van der Waals surface area contributed by atoms with Crippen molar-refractivity contribution in [1.82, 2.24) is 19.1 Å². The molecule has 8 aromatic rings. The summed E-state index contributed by atoms with van der Waals surface area (Å²) < 4.78 is 10.8. The van der Waals surface area contributed by atoms with Crippen molar-refractivity contribution >= 4 is 43.9 Å². The molecule has 0 aliphatic rings. The van der Waals surface area contributed by atoms with Crippen LogP contribution >= 0.6 is 0 Å². The first-order valence-electron chi connectivity index (χ1n) is 12.9. The zero-order valence-electron chi connectivity index (χ0n) is 20.9. The number of benzene rings is 4. The van der Waals surface area contributed by atoms with E-state index in [0.717, 1.165) is 56.0 Å². The van der Waals surface area contributed by atoms with Crippen LogP contribution in [0.5, 0.6) is 11.5 Å². The normalized spacial score (nSPS) is 11.6. The lowest BCUT2D eigenvalue weighted by Crippen LogP contribution is -1.97. The standard InChI is InChI=1S/C34H22N4O/c1-3-17-31-27(13-1)29-15-7-19-35-33(29)37(31)23-9-5-11-25(21-23)39-26-12-6-10-24(22-26)38-32-18-4-2-14-28(32)30-16-8-20-36-34(30)38/h1-22H. The van der Waals surface area contributed by atoms with Crippen LogP contribution in [0, 0.1) is 0 Å². The Morgan fingerprint density at radius 2 is 0.897 bits per heavy atom. The molecule has 184 valence electrons. The van der Waals surface area contributed by atoms with Crippen LogP contribution in [0.4, 0.5) is 0 Å². The molecule has 0 radical (unpaired) electrons. The van der Waals surface area contributed by atoms with E-state index in [1.807, 2.05) is 48.8 Å². The average Bonchev–Trinajstić information content (AvgIpc) is 3.51. The van der Waals surface area contributed by atoms with E-state index in [-0.39, 0.29) is 0 Å². The molecule has 0 saturated heterocycles. The predicted molar refractivity (Wildman–Crippen MR) is 157 cm³/mol. The SMILES string of the molecule is c1cc(Oc2cccc(-n3c4ccccc4c4cccnc43)c2)cc(-n2c3ccccc3c3cccnc32)c1. The largest absolute Gasteiger partial charge is 0.457 e. The quantitative estimate of drug-likeness (QED) is 0.242. The van der Waals surface area contributed by atoms with Gasteiger partial charge in [-0.05, 0) is 60.7 Å². The van der Waals surface area contributed by atoms with Gasteiger partial charge >= 0.3 is 0 Å². The first-order chi connectivity index (χ1) is 19.3. The molecule has 0 fully saturated rings. The number of para-hydroxylation sites is 2. The van der Waals surface area contributed by atoms with E-state index < -0.39 is 0 Å². The van der Waals surface area contributed by atoms with Crippen LogP contribution in [0.2, 0.25) is 0 Å². The third kappa shape index (κ3) is 3.41. The second-order valence-corrected chi connectivity index (χ2v) is 9.55. The van der Waals surface area contributed by atoms with Crippen molar-refractivity contribution in [3.8, 4) is 22.9 Å². The summed E-state index contributed by atoms with van der Waals surface area (Å²) in [6.07, 6.45) is 3.68. The van der Waals surface area contributed by atoms with Crippen molar-refractivity contribution in [3.05, 3.63) is 134 Å². The van der Waals surface area contributed by atoms with Crippen LogP contribution in [0.15, 0.2) is 134 Å². The molecule has 5 heteroatoms. The van der Waals surface area contributed by atoms with Crippen molar-refractivity contribution in [2.24, 2.45) is 0 Å². The van der Waals surface area contributed by atoms with E-state index in [1.54, 1.807) is 0 Å². The van der Waals surface area contributed by atoms with Crippen molar-refractivity contribution in [2.75, 3.05) is 0 Å². The van der Waals surface area contributed by atoms with Crippen LogP contribution in [0.25, 0.3) is 55.2 Å². The summed E-state index contributed by atoms with van der Waals surface area (Å²) in [6, 6.07) is 41.4. The molecule has 5 nitrogen and oxygen atoms in total. The summed E-state index contributed by atoms with van der Waals surface area (Å²) in [5.74, 6) is 1.51. The molecule has 8 rings (SSSR count). The van der Waals surface area contributed by atoms with Crippen LogP contribution < -0.4 is 4.74 Å². The number of rotatable bonds is 4. The highest BCUT2D eigenvalue weighted by atomic mass is 16.5. The lowest BCUT2D eigenvalue weighted by Gasteiger charge is -2.12. The highest BCUT2D eigenvalue weighted by molar-refractivity contribution is 6.08. The van der Waals surface area contributed by atoms with Gasteiger partial charge in [0.05, 0.1) is 22.4 Å². The minimum Gasteiger partial charge on any atom is -0.457 e. The van der Waals surface area contributed by atoms with Gasteiger partial charge in [0.2, 0.25) is 0 Å². The van der Waals surface area contributed by atoms with Gasteiger partial charge in [-0.25, -0.2) is 9.97 Å². The van der Waals surface area contributed by atoms with Gasteiger partial charge in [-0.3, -0.25) is 9.13 Å². The first-order valence-corrected chi connectivity index (χ1v) is 12.9. The maximum atomic E-state index is 6.44. The van der Waals surface area contributed by atoms with E-state index in [2.05, 4.69) is 94.1 Å². The van der Waals surface area contributed by atoms with Crippen LogP contribution in [-0.4, -0.2) is 19.1 Å². The molecular formula is C34H22N4O. The zero-order chi connectivity index (χ0) is 25.8. The fourth-order valence-corrected chi connectivity index (χ4v) is 5.62. The summed E-state index contributed by atoms with van der Waals surface area (Å²) in [4.78, 5) is 9.42. The lowest BCUT2D eigenvalue weighted by molar-refractivity contribution is 0.482. The van der Waals surface area contributed by atoms with Gasteiger partial charge in [0.1, 0.15) is 22.8 Å². The van der Waals surface area contributed by atoms with Gasteiger partial charge in [-0.15, -0.1) is 0 Å². The van der Waals surface area contributed by atoms with Crippen LogP contribution in [0.1, 0.15) is 0 Å². The molecule has 0 N–H and O–H groups in total. The van der Waals surface area contributed by atoms with Gasteiger partial charge in [0, 0.05) is 46.1 Å². The number of ether oxygens (including phenoxy) is 1. The first kappa shape index (κ1) is 21.6. The van der Waals surface area contributed by atoms with Crippen LogP contribution in [0.3, 0.4) is 0 Å². The molecule has 0 amide bonds. The monoisotopic (exact) mass is 502 g/mol. The number of hydrogen-bond acceptors (Lipinski definition) is 3. The minimum atomic E-state index is 0.756. The topological polar surface area (TPSA) is 44.9 Å². The molecule has 0 unspecified atom stereocenters. The fourth-order valence-electron chi connectivity index (χ4n) is 5.62. The maximum Gasteiger partial charge on any atom is 0.145 e. The zero-order valence-corrected chi connectivity index (χ0v) is 20.9. The van der Waals surface area contributed by atoms with Gasteiger partial charge in [0.25, 0.3) is 0 Å². The lowest BCUT2D eigenvalue weighted by atomic mass is 10.2. The molecule has 4 heterocycles. The van der Waals surface area contributed by atoms with E-state index in [4.69, 9.17) is 14.7 Å². The summed E-state index contributed by atoms with van der Waals surface area (Å²) >= 11 is 0. The Balaban J connectivity index is 1.22. The van der Waals surface area contributed by atoms with Crippen LogP contribution in [-0.2, 0) is 0 Å². The highest BCUT2D eigenvalue weighted by Crippen LogP contribution is 2.34. The maximum absolute atomic E-state index is 6.44. The van der Waals surface area contributed by atoms with E-state index >= 15 is 0 Å². The molecule has 0 bridgehead atoms. The van der Waals surface area contributed by atoms with Gasteiger partial charge < -0.3 is 4.74 Å². The Morgan fingerprint density at radius 1 is 0.436 bits per heavy atom. The highest BCUT2D eigenvalue weighted by Gasteiger charge is 2.15. The smallest absolute Gasteiger partial charge is 0.145 e. The molecule has 4 aromatic heterocycles. The minimum absolute atomic E-state index is 0.756. The van der Waals surface area contributed by atoms with E-state index in [1.165, 1.54) is 10.8 Å². The number of aromatic nitrogens is 4. The van der Waals surface area contributed by atoms with Gasteiger partial charge in [0.15, 0.2) is 0 Å². The Bertz CT molecular complexity index is 1910. The van der Waals surface area contributed by atoms with E-state index in [0.29, 0.717) is 0 Å². The molecule has 0 saturated carbocycles. The van der Waals surface area contributed by atoms with Crippen molar-refractivity contribution in [3.63, 3.8) is 0 Å². The Morgan fingerprint density at radius 3 is 1.41 bits per heavy atom. The molecule has 0 aliphatic carbocycles. The molecule has 39 heavy (non-hydrogen) atoms. The second kappa shape index (κ2) is 8.57. The molecule has 0 spiro atoms. The summed E-state index contributed by atoms with van der Waals surface area (Å²) in [6.45, 7) is 0. The molecule has 0 aliphatic heterocycles. The fraction of sp³-hybridized carbons (Fsp3) is 0. The number of pyridine rings is 2. The predicted octanol–water partition coefficient (Wildman–Crippen LogP) is 8.46. The molecule has 4 aromatic carbocycles. The number of fused-ring (bicyclic) bond motifs is 6. The van der Waals surface area contributed by atoms with E-state index in [9.17, 15) is 0 Å². The Kier molecular flexibility index (Phi) is 4.76. The van der Waals surface area contributed by atoms with Crippen molar-refractivity contribution in [1.29, 1.82) is 0 Å². The second-order valence-electron chi connectivity index (χ2n) is 9.55. The van der Waals surface area contributed by atoms with Gasteiger partial charge in [-0.2, -0.15) is 0 Å². The summed E-state index contributed by atoms with van der Waals surface area (Å²) in [5, 5.41) is 4.62. The summed E-state index contributed by atoms with van der Waals surface area (Å²) in [7, 11) is 0.